The molecule has 0 bridgehead atoms. The molecule has 0 aliphatic carbocycles. The van der Waals surface area contributed by atoms with E-state index in [2.05, 4.69) is 41.0 Å². The van der Waals surface area contributed by atoms with Gasteiger partial charge in [-0.05, 0) is 18.7 Å². The quantitative estimate of drug-likeness (QED) is 0.516. The molecule has 82 valence electrons. The summed E-state index contributed by atoms with van der Waals surface area (Å²) < 4.78 is 2.06. The number of hydrogen-bond acceptors (Lipinski definition) is 1. The van der Waals surface area contributed by atoms with E-state index >= 15 is 0 Å². The van der Waals surface area contributed by atoms with Gasteiger partial charge in [-0.2, -0.15) is 6.08 Å². The van der Waals surface area contributed by atoms with Crippen molar-refractivity contribution in [1.29, 1.82) is 0 Å². The van der Waals surface area contributed by atoms with E-state index in [9.17, 15) is 0 Å². The number of benzene rings is 1. The Bertz CT molecular complexity index is 476. The lowest BCUT2D eigenvalue weighted by Crippen LogP contribution is -2.15. The van der Waals surface area contributed by atoms with E-state index in [0.29, 0.717) is 0 Å². The van der Waals surface area contributed by atoms with Crippen molar-refractivity contribution in [2.45, 2.75) is 6.42 Å². The number of nitrogens with zero attached hydrogens (tertiary/aromatic N) is 3. The summed E-state index contributed by atoms with van der Waals surface area (Å²) in [7, 11) is 1.98. The second kappa shape index (κ2) is 3.39. The Labute approximate surface area is 95.7 Å². The molecule has 0 aromatic heterocycles. The predicted molar refractivity (Wildman–Crippen MR) is 64.7 cm³/mol. The molecule has 0 saturated carbocycles. The zero-order valence-corrected chi connectivity index (χ0v) is 9.35. The van der Waals surface area contributed by atoms with Gasteiger partial charge < -0.3 is 10.4 Å². The third kappa shape index (κ3) is 1.25. The Balaban J connectivity index is 2.09. The Morgan fingerprint density at radius 2 is 2.38 bits per heavy atom. The predicted octanol–water partition coefficient (Wildman–Crippen LogP) is 2.22. The fraction of sp³-hybridized carbons (Fsp3) is 0.231. The van der Waals surface area contributed by atoms with Crippen molar-refractivity contribution < 1.29 is 4.58 Å². The summed E-state index contributed by atoms with van der Waals surface area (Å²) in [6.45, 7) is 5.04. The van der Waals surface area contributed by atoms with E-state index in [-0.39, 0.29) is 0 Å². The van der Waals surface area contributed by atoms with Gasteiger partial charge in [0.1, 0.15) is 13.3 Å². The minimum absolute atomic E-state index is 1.00. The van der Waals surface area contributed by atoms with E-state index < -0.39 is 0 Å². The van der Waals surface area contributed by atoms with Crippen LogP contribution in [0.25, 0.3) is 5.43 Å². The maximum absolute atomic E-state index is 4.22. The van der Waals surface area contributed by atoms with Crippen molar-refractivity contribution in [2.75, 3.05) is 13.6 Å². The molecule has 0 unspecified atom stereocenters. The summed E-state index contributed by atoms with van der Waals surface area (Å²) in [6, 6.07) is 7.56. The summed E-state index contributed by atoms with van der Waals surface area (Å²) in [5.74, 6) is 0. The summed E-state index contributed by atoms with van der Waals surface area (Å²) >= 11 is 0. The van der Waals surface area contributed by atoms with Crippen molar-refractivity contribution in [3.05, 3.63) is 53.1 Å². The van der Waals surface area contributed by atoms with Crippen LogP contribution in [0.3, 0.4) is 0 Å². The van der Waals surface area contributed by atoms with Crippen LogP contribution in [0.4, 0.5) is 5.69 Å². The Hall–Kier alpha value is -1.74. The molecular weight excluding hydrogens is 198 g/mol. The maximum atomic E-state index is 4.22. The van der Waals surface area contributed by atoms with E-state index in [0.717, 1.165) is 13.0 Å². The van der Waals surface area contributed by atoms with Crippen molar-refractivity contribution >= 4 is 12.4 Å². The zero-order chi connectivity index (χ0) is 11.1. The van der Waals surface area contributed by atoms with E-state index in [1.165, 1.54) is 22.9 Å². The second-order valence-corrected chi connectivity index (χ2v) is 4.16. The molecule has 0 amide bonds. The van der Waals surface area contributed by atoms with Gasteiger partial charge >= 0.3 is 0 Å². The number of likely N-dealkylation sites (N-methyl/N-ethyl adjacent to an activating group) is 1. The average Bonchev–Trinajstić information content (AvgIpc) is 2.86. The molecule has 1 aromatic carbocycles. The van der Waals surface area contributed by atoms with Crippen molar-refractivity contribution in [2.24, 2.45) is 0 Å². The molecule has 0 spiro atoms. The molecule has 0 N–H and O–H groups in total. The zero-order valence-electron chi connectivity index (χ0n) is 9.35. The summed E-state index contributed by atoms with van der Waals surface area (Å²) in [5.41, 5.74) is 8.14. The molecule has 2 aliphatic rings. The minimum atomic E-state index is 1.00. The molecule has 2 aliphatic heterocycles. The van der Waals surface area contributed by atoms with Gasteiger partial charge in [-0.15, -0.1) is 11.6 Å². The van der Waals surface area contributed by atoms with Crippen molar-refractivity contribution in [1.82, 2.24) is 5.01 Å². The highest BCUT2D eigenvalue weighted by atomic mass is 15.5. The molecular formula is C13H14N3-. The molecule has 1 aromatic rings. The molecule has 0 saturated heterocycles. The summed E-state index contributed by atoms with van der Waals surface area (Å²) in [4.78, 5) is 0. The lowest BCUT2D eigenvalue weighted by atomic mass is 9.98. The maximum Gasteiger partial charge on any atom is 0.166 e. The second-order valence-electron chi connectivity index (χ2n) is 4.16. The van der Waals surface area contributed by atoms with Crippen LogP contribution in [-0.4, -0.2) is 29.9 Å². The Kier molecular flexibility index (Phi) is 2.01. The van der Waals surface area contributed by atoms with Crippen molar-refractivity contribution in [3.8, 4) is 0 Å². The molecule has 0 atom stereocenters. The lowest BCUT2D eigenvalue weighted by molar-refractivity contribution is -0.419. The fourth-order valence-corrected chi connectivity index (χ4v) is 2.38. The standard InChI is InChI=1S/C13H14N3/c1-15-9-7-11-10(4-3-5-12(11)15)13-6-8-14-16(13)2/h3-6,8H,1,7,9H2,2H3/q-1. The van der Waals surface area contributed by atoms with Crippen LogP contribution >= 0.6 is 0 Å². The first-order valence-corrected chi connectivity index (χ1v) is 5.45. The van der Waals surface area contributed by atoms with Gasteiger partial charge in [0.2, 0.25) is 0 Å². The van der Waals surface area contributed by atoms with Gasteiger partial charge in [-0.1, -0.05) is 12.1 Å². The van der Waals surface area contributed by atoms with Crippen LogP contribution < -0.4 is 0 Å². The van der Waals surface area contributed by atoms with Crippen LogP contribution in [0.2, 0.25) is 0 Å². The average molecular weight is 212 g/mol. The summed E-state index contributed by atoms with van der Waals surface area (Å²) in [5, 5.41) is 1.92. The first-order valence-electron chi connectivity index (χ1n) is 5.45. The van der Waals surface area contributed by atoms with Gasteiger partial charge in [0.25, 0.3) is 0 Å². The Morgan fingerprint density at radius 1 is 1.50 bits per heavy atom. The highest BCUT2D eigenvalue weighted by Gasteiger charge is 2.21. The molecule has 0 fully saturated rings. The SMILES string of the molecule is C=[N+]1CCc2c([C-]3C=C[N-]N3C)cccc21. The monoisotopic (exact) mass is 212 g/mol. The largest absolute Gasteiger partial charge is 0.674 e. The van der Waals surface area contributed by atoms with Gasteiger partial charge in [-0.25, -0.2) is 10.8 Å². The Morgan fingerprint density at radius 3 is 3.12 bits per heavy atom. The molecule has 3 heteroatoms. The molecule has 0 radical (unpaired) electrons. The van der Waals surface area contributed by atoms with Crippen LogP contribution in [0.1, 0.15) is 11.1 Å². The van der Waals surface area contributed by atoms with Crippen LogP contribution in [-0.2, 0) is 6.42 Å². The number of rotatable bonds is 1. The van der Waals surface area contributed by atoms with E-state index in [4.69, 9.17) is 0 Å². The number of hydrogen-bond donors (Lipinski definition) is 0. The minimum Gasteiger partial charge on any atom is -0.674 e. The topological polar surface area (TPSA) is 20.4 Å². The summed E-state index contributed by atoms with van der Waals surface area (Å²) in [6.07, 6.45) is 4.97. The van der Waals surface area contributed by atoms with Gasteiger partial charge in [0, 0.05) is 6.42 Å². The van der Waals surface area contributed by atoms with Crippen LogP contribution in [0.15, 0.2) is 30.5 Å². The van der Waals surface area contributed by atoms with Gasteiger partial charge in [0.05, 0.1) is 0 Å². The van der Waals surface area contributed by atoms with E-state index in [1.54, 1.807) is 0 Å². The van der Waals surface area contributed by atoms with Crippen molar-refractivity contribution in [3.63, 3.8) is 0 Å². The smallest absolute Gasteiger partial charge is 0.166 e. The molecule has 16 heavy (non-hydrogen) atoms. The highest BCUT2D eigenvalue weighted by molar-refractivity contribution is 5.56. The number of fused-ring (bicyclic) bond motifs is 1. The first-order chi connectivity index (χ1) is 7.77. The van der Waals surface area contributed by atoms with Crippen LogP contribution in [0.5, 0.6) is 0 Å². The fourth-order valence-electron chi connectivity index (χ4n) is 2.38. The van der Waals surface area contributed by atoms with Crippen LogP contribution in [0, 0.1) is 6.04 Å². The van der Waals surface area contributed by atoms with Gasteiger partial charge in [0.15, 0.2) is 5.69 Å². The lowest BCUT2D eigenvalue weighted by Gasteiger charge is -2.37. The van der Waals surface area contributed by atoms with Gasteiger partial charge in [-0.3, -0.25) is 0 Å². The van der Waals surface area contributed by atoms with E-state index in [1.807, 2.05) is 18.3 Å². The third-order valence-electron chi connectivity index (χ3n) is 3.22. The molecule has 3 nitrogen and oxygen atoms in total. The first kappa shape index (κ1) is 9.48. The molecule has 3 rings (SSSR count). The molecule has 2 heterocycles. The normalized spacial score (nSPS) is 19.1. The third-order valence-corrected chi connectivity index (χ3v) is 3.22. The highest BCUT2D eigenvalue weighted by Crippen LogP contribution is 2.36.